The van der Waals surface area contributed by atoms with Crippen molar-refractivity contribution >= 4 is 17.6 Å². The van der Waals surface area contributed by atoms with E-state index in [1.807, 2.05) is 25.4 Å². The van der Waals surface area contributed by atoms with E-state index < -0.39 is 0 Å². The SMILES string of the molecule is Cn1cc(-c2cnc(N)c(C(=O)N[C@@H]3CCN(C(=O)c4ccc(-c5ccc(=O)[nH]c5)cc4)C3)c2)cn1. The van der Waals surface area contributed by atoms with Gasteiger partial charge < -0.3 is 20.9 Å². The molecule has 10 nitrogen and oxygen atoms in total. The number of aryl methyl sites for hydroxylation is 1. The zero-order chi connectivity index (χ0) is 25.2. The quantitative estimate of drug-likeness (QED) is 0.397. The summed E-state index contributed by atoms with van der Waals surface area (Å²) >= 11 is 0. The van der Waals surface area contributed by atoms with Gasteiger partial charge in [-0.25, -0.2) is 4.98 Å². The van der Waals surface area contributed by atoms with E-state index in [2.05, 4.69) is 20.4 Å². The number of rotatable bonds is 5. The van der Waals surface area contributed by atoms with E-state index in [0.29, 0.717) is 30.6 Å². The van der Waals surface area contributed by atoms with E-state index in [0.717, 1.165) is 22.3 Å². The Bertz CT molecular complexity index is 1470. The van der Waals surface area contributed by atoms with Crippen LogP contribution in [0, 0.1) is 0 Å². The van der Waals surface area contributed by atoms with Crippen molar-refractivity contribution in [2.24, 2.45) is 7.05 Å². The van der Waals surface area contributed by atoms with Gasteiger partial charge in [0.25, 0.3) is 11.8 Å². The minimum Gasteiger partial charge on any atom is -0.383 e. The first kappa shape index (κ1) is 23.0. The molecule has 0 radical (unpaired) electrons. The maximum Gasteiger partial charge on any atom is 0.255 e. The molecule has 1 aliphatic rings. The van der Waals surface area contributed by atoms with Gasteiger partial charge >= 0.3 is 0 Å². The second-order valence-corrected chi connectivity index (χ2v) is 8.79. The molecule has 0 saturated carbocycles. The largest absolute Gasteiger partial charge is 0.383 e. The Morgan fingerprint density at radius 1 is 1.06 bits per heavy atom. The van der Waals surface area contributed by atoms with Crippen LogP contribution in [0.5, 0.6) is 0 Å². The number of carbonyl (C=O) groups is 2. The minimum absolute atomic E-state index is 0.0977. The first-order chi connectivity index (χ1) is 17.4. The first-order valence-corrected chi connectivity index (χ1v) is 11.5. The smallest absolute Gasteiger partial charge is 0.255 e. The molecule has 1 aliphatic heterocycles. The maximum atomic E-state index is 13.0. The van der Waals surface area contributed by atoms with E-state index >= 15 is 0 Å². The molecule has 2 amide bonds. The summed E-state index contributed by atoms with van der Waals surface area (Å²) in [6.07, 6.45) is 7.43. The average molecular weight is 484 g/mol. The standard InChI is InChI=1S/C26H25N7O3/c1-32-14-20(13-30-32)19-10-22(24(27)29-12-19)25(35)31-21-8-9-33(15-21)26(36)17-4-2-16(3-5-17)18-6-7-23(34)28-11-18/h2-7,10-14,21H,8-9,15H2,1H3,(H2,27,29)(H,28,34)(H,31,35)/t21-/m1/s1. The van der Waals surface area contributed by atoms with Gasteiger partial charge in [-0.2, -0.15) is 5.10 Å². The number of H-pyrrole nitrogens is 1. The number of pyridine rings is 2. The van der Waals surface area contributed by atoms with Crippen LogP contribution in [0.4, 0.5) is 5.82 Å². The molecule has 0 unspecified atom stereocenters. The van der Waals surface area contributed by atoms with Crippen LogP contribution in [0.3, 0.4) is 0 Å². The number of nitrogens with zero attached hydrogens (tertiary/aromatic N) is 4. The first-order valence-electron chi connectivity index (χ1n) is 11.5. The molecule has 10 heteroatoms. The van der Waals surface area contributed by atoms with Crippen molar-refractivity contribution in [2.45, 2.75) is 12.5 Å². The Morgan fingerprint density at radius 3 is 2.53 bits per heavy atom. The predicted molar refractivity (Wildman–Crippen MR) is 135 cm³/mol. The molecule has 36 heavy (non-hydrogen) atoms. The van der Waals surface area contributed by atoms with Crippen LogP contribution in [-0.4, -0.2) is 55.6 Å². The molecular weight excluding hydrogens is 458 g/mol. The van der Waals surface area contributed by atoms with Crippen molar-refractivity contribution < 1.29 is 9.59 Å². The summed E-state index contributed by atoms with van der Waals surface area (Å²) in [5.41, 5.74) is 10.0. The fourth-order valence-electron chi connectivity index (χ4n) is 4.29. The van der Waals surface area contributed by atoms with Gasteiger partial charge in [0, 0.05) is 67.5 Å². The normalized spacial score (nSPS) is 15.1. The van der Waals surface area contributed by atoms with E-state index in [-0.39, 0.29) is 29.2 Å². The van der Waals surface area contributed by atoms with Crippen molar-refractivity contribution in [1.29, 1.82) is 0 Å². The third kappa shape index (κ3) is 4.74. The fraction of sp³-hybridized carbons (Fsp3) is 0.192. The number of aromatic amines is 1. The zero-order valence-electron chi connectivity index (χ0n) is 19.6. The number of hydrogen-bond donors (Lipinski definition) is 3. The number of amides is 2. The summed E-state index contributed by atoms with van der Waals surface area (Å²) in [7, 11) is 1.82. The number of carbonyl (C=O) groups excluding carboxylic acids is 2. The van der Waals surface area contributed by atoms with E-state index in [1.54, 1.807) is 52.4 Å². The number of hydrogen-bond acceptors (Lipinski definition) is 6. The molecule has 4 N–H and O–H groups in total. The van der Waals surface area contributed by atoms with Gasteiger partial charge in [-0.3, -0.25) is 19.1 Å². The summed E-state index contributed by atoms with van der Waals surface area (Å²) in [5.74, 6) is -0.275. The third-order valence-corrected chi connectivity index (χ3v) is 6.26. The van der Waals surface area contributed by atoms with Crippen LogP contribution in [-0.2, 0) is 7.05 Å². The van der Waals surface area contributed by atoms with Crippen LogP contribution >= 0.6 is 0 Å². The fourth-order valence-corrected chi connectivity index (χ4v) is 4.29. The van der Waals surface area contributed by atoms with Crippen molar-refractivity contribution in [1.82, 2.24) is 30.0 Å². The highest BCUT2D eigenvalue weighted by Gasteiger charge is 2.29. The Hall–Kier alpha value is -4.73. The minimum atomic E-state index is -0.324. The van der Waals surface area contributed by atoms with Crippen LogP contribution < -0.4 is 16.6 Å². The van der Waals surface area contributed by atoms with Crippen LogP contribution in [0.2, 0.25) is 0 Å². The van der Waals surface area contributed by atoms with Crippen molar-refractivity contribution in [2.75, 3.05) is 18.8 Å². The molecule has 5 rings (SSSR count). The van der Waals surface area contributed by atoms with Gasteiger partial charge in [0.2, 0.25) is 5.56 Å². The van der Waals surface area contributed by atoms with Crippen LogP contribution in [0.25, 0.3) is 22.3 Å². The molecule has 1 atom stereocenters. The molecule has 1 aromatic carbocycles. The number of benzene rings is 1. The number of aromatic nitrogens is 4. The Kier molecular flexibility index (Phi) is 6.07. The molecule has 182 valence electrons. The summed E-state index contributed by atoms with van der Waals surface area (Å²) in [5, 5.41) is 7.14. The number of nitrogens with one attached hydrogen (secondary N) is 2. The van der Waals surface area contributed by atoms with E-state index in [9.17, 15) is 14.4 Å². The Balaban J connectivity index is 1.23. The number of anilines is 1. The monoisotopic (exact) mass is 483 g/mol. The molecule has 4 aromatic rings. The van der Waals surface area contributed by atoms with Gasteiger partial charge in [-0.1, -0.05) is 12.1 Å². The summed E-state index contributed by atoms with van der Waals surface area (Å²) in [4.78, 5) is 45.8. The highest BCUT2D eigenvalue weighted by atomic mass is 16.2. The average Bonchev–Trinajstić information content (AvgIpc) is 3.53. The van der Waals surface area contributed by atoms with E-state index in [1.165, 1.54) is 6.07 Å². The number of nitrogen functional groups attached to an aromatic ring is 1. The molecule has 1 fully saturated rings. The lowest BCUT2D eigenvalue weighted by Crippen LogP contribution is -2.38. The zero-order valence-corrected chi connectivity index (χ0v) is 19.6. The summed E-state index contributed by atoms with van der Waals surface area (Å²) < 4.78 is 1.67. The van der Waals surface area contributed by atoms with Gasteiger partial charge in [0.05, 0.1) is 11.8 Å². The molecule has 1 saturated heterocycles. The van der Waals surface area contributed by atoms with Crippen LogP contribution in [0.1, 0.15) is 27.1 Å². The lowest BCUT2D eigenvalue weighted by molar-refractivity contribution is 0.0783. The topological polar surface area (TPSA) is 139 Å². The number of nitrogens with two attached hydrogens (primary N) is 1. The number of likely N-dealkylation sites (tertiary alicyclic amines) is 1. The molecule has 4 heterocycles. The van der Waals surface area contributed by atoms with Gasteiger partial charge in [-0.15, -0.1) is 0 Å². The Labute approximate surface area is 206 Å². The van der Waals surface area contributed by atoms with E-state index in [4.69, 9.17) is 5.73 Å². The molecule has 0 spiro atoms. The van der Waals surface area contributed by atoms with Crippen molar-refractivity contribution in [3.63, 3.8) is 0 Å². The Morgan fingerprint density at radius 2 is 1.83 bits per heavy atom. The van der Waals surface area contributed by atoms with Gasteiger partial charge in [0.1, 0.15) is 5.82 Å². The molecular formula is C26H25N7O3. The molecule has 3 aromatic heterocycles. The highest BCUT2D eigenvalue weighted by Crippen LogP contribution is 2.23. The third-order valence-electron chi connectivity index (χ3n) is 6.26. The van der Waals surface area contributed by atoms with Crippen LogP contribution in [0.15, 0.2) is 72.0 Å². The van der Waals surface area contributed by atoms with Crippen molar-refractivity contribution in [3.05, 3.63) is 88.7 Å². The highest BCUT2D eigenvalue weighted by molar-refractivity contribution is 6.00. The lowest BCUT2D eigenvalue weighted by atomic mass is 10.1. The van der Waals surface area contributed by atoms with Gasteiger partial charge in [0.15, 0.2) is 0 Å². The molecule has 0 bridgehead atoms. The molecule has 0 aliphatic carbocycles. The lowest BCUT2D eigenvalue weighted by Gasteiger charge is -2.18. The predicted octanol–water partition coefficient (Wildman–Crippen LogP) is 2.06. The second kappa shape index (κ2) is 9.49. The second-order valence-electron chi connectivity index (χ2n) is 8.79. The van der Waals surface area contributed by atoms with Crippen molar-refractivity contribution in [3.8, 4) is 22.3 Å². The summed E-state index contributed by atoms with van der Waals surface area (Å²) in [6, 6.07) is 11.9. The summed E-state index contributed by atoms with van der Waals surface area (Å²) in [6.45, 7) is 0.941. The maximum absolute atomic E-state index is 13.0. The van der Waals surface area contributed by atoms with Gasteiger partial charge in [-0.05, 0) is 41.8 Å².